The molecule has 2 rings (SSSR count). The van der Waals surface area contributed by atoms with E-state index in [4.69, 9.17) is 4.74 Å². The smallest absolute Gasteiger partial charge is 0.0897 e. The number of hydrogen-bond acceptors (Lipinski definition) is 4. The van der Waals surface area contributed by atoms with Crippen molar-refractivity contribution in [3.63, 3.8) is 0 Å². The van der Waals surface area contributed by atoms with Gasteiger partial charge in [0, 0.05) is 31.0 Å². The Morgan fingerprint density at radius 2 is 2.38 bits per heavy atom. The van der Waals surface area contributed by atoms with Crippen LogP contribution in [0.1, 0.15) is 30.5 Å². The zero-order chi connectivity index (χ0) is 11.4. The van der Waals surface area contributed by atoms with Crippen LogP contribution in [-0.4, -0.2) is 30.3 Å². The third-order valence-electron chi connectivity index (χ3n) is 2.98. The summed E-state index contributed by atoms with van der Waals surface area (Å²) in [6.07, 6.45) is 3.89. The Labute approximate surface area is 101 Å². The average Bonchev–Trinajstić information content (AvgIpc) is 2.60. The number of aromatic nitrogens is 1. The third-order valence-corrected chi connectivity index (χ3v) is 3.80. The molecule has 0 radical (unpaired) electrons. The lowest BCUT2D eigenvalue weighted by atomic mass is 9.89. The van der Waals surface area contributed by atoms with Gasteiger partial charge in [0.05, 0.1) is 16.8 Å². The van der Waals surface area contributed by atoms with E-state index in [0.29, 0.717) is 12.1 Å². The maximum atomic E-state index is 5.53. The lowest BCUT2D eigenvalue weighted by Gasteiger charge is -2.35. The monoisotopic (exact) mass is 240 g/mol. The molecule has 1 saturated carbocycles. The molecule has 0 spiro atoms. The fraction of sp³-hybridized carbons (Fsp3) is 0.750. The summed E-state index contributed by atoms with van der Waals surface area (Å²) in [6, 6.07) is 0.663. The summed E-state index contributed by atoms with van der Waals surface area (Å²) in [5.74, 6) is 0. The highest BCUT2D eigenvalue weighted by Crippen LogP contribution is 2.23. The van der Waals surface area contributed by atoms with Gasteiger partial charge in [0.15, 0.2) is 0 Å². The van der Waals surface area contributed by atoms with Crippen LogP contribution >= 0.6 is 11.3 Å². The van der Waals surface area contributed by atoms with Gasteiger partial charge in [0.25, 0.3) is 0 Å². The molecule has 1 N–H and O–H groups in total. The van der Waals surface area contributed by atoms with E-state index in [2.05, 4.69) is 29.5 Å². The van der Waals surface area contributed by atoms with Crippen LogP contribution in [0, 0.1) is 6.92 Å². The SMILES string of the molecule is CCOC1CC(NCCc2csc(C)n2)C1. The minimum absolute atomic E-state index is 0.504. The summed E-state index contributed by atoms with van der Waals surface area (Å²) in [5.41, 5.74) is 1.22. The second kappa shape index (κ2) is 5.75. The van der Waals surface area contributed by atoms with E-state index >= 15 is 0 Å². The van der Waals surface area contributed by atoms with Gasteiger partial charge in [-0.1, -0.05) is 0 Å². The topological polar surface area (TPSA) is 34.1 Å². The van der Waals surface area contributed by atoms with Crippen molar-refractivity contribution >= 4 is 11.3 Å². The van der Waals surface area contributed by atoms with Gasteiger partial charge in [0.2, 0.25) is 0 Å². The summed E-state index contributed by atoms with van der Waals surface area (Å²) in [4.78, 5) is 4.45. The molecule has 0 amide bonds. The van der Waals surface area contributed by atoms with Crippen molar-refractivity contribution in [2.45, 2.75) is 45.3 Å². The number of ether oxygens (including phenoxy) is 1. The van der Waals surface area contributed by atoms with Gasteiger partial charge < -0.3 is 10.1 Å². The zero-order valence-electron chi connectivity index (χ0n) is 10.0. The predicted molar refractivity (Wildman–Crippen MR) is 67.0 cm³/mol. The predicted octanol–water partition coefficient (Wildman–Crippen LogP) is 2.15. The first-order valence-corrected chi connectivity index (χ1v) is 6.92. The Morgan fingerprint density at radius 1 is 1.56 bits per heavy atom. The number of aryl methyl sites for hydroxylation is 1. The Balaban J connectivity index is 1.56. The molecule has 1 fully saturated rings. The van der Waals surface area contributed by atoms with Crippen molar-refractivity contribution in [3.8, 4) is 0 Å². The van der Waals surface area contributed by atoms with Crippen LogP contribution in [0.2, 0.25) is 0 Å². The molecule has 1 aliphatic carbocycles. The molecule has 0 saturated heterocycles. The van der Waals surface area contributed by atoms with Gasteiger partial charge >= 0.3 is 0 Å². The highest BCUT2D eigenvalue weighted by atomic mass is 32.1. The van der Waals surface area contributed by atoms with Crippen molar-refractivity contribution < 1.29 is 4.74 Å². The summed E-state index contributed by atoms with van der Waals surface area (Å²) in [5, 5.41) is 6.87. The fourth-order valence-corrected chi connectivity index (χ4v) is 2.68. The summed E-state index contributed by atoms with van der Waals surface area (Å²) >= 11 is 1.73. The van der Waals surface area contributed by atoms with Crippen molar-refractivity contribution in [1.82, 2.24) is 10.3 Å². The van der Waals surface area contributed by atoms with Crippen LogP contribution in [0.4, 0.5) is 0 Å². The number of thiazole rings is 1. The first-order chi connectivity index (χ1) is 7.78. The number of nitrogens with zero attached hydrogens (tertiary/aromatic N) is 1. The first-order valence-electron chi connectivity index (χ1n) is 6.04. The van der Waals surface area contributed by atoms with Gasteiger partial charge in [-0.3, -0.25) is 0 Å². The second-order valence-corrected chi connectivity index (χ2v) is 5.37. The molecule has 0 aliphatic heterocycles. The van der Waals surface area contributed by atoms with Crippen LogP contribution in [0.3, 0.4) is 0 Å². The minimum Gasteiger partial charge on any atom is -0.378 e. The van der Waals surface area contributed by atoms with E-state index in [9.17, 15) is 0 Å². The Hall–Kier alpha value is -0.450. The van der Waals surface area contributed by atoms with Crippen LogP contribution in [0.15, 0.2) is 5.38 Å². The molecule has 0 atom stereocenters. The minimum atomic E-state index is 0.504. The quantitative estimate of drug-likeness (QED) is 0.827. The third kappa shape index (κ3) is 3.27. The number of rotatable bonds is 6. The zero-order valence-corrected chi connectivity index (χ0v) is 10.8. The van der Waals surface area contributed by atoms with Gasteiger partial charge in [0.1, 0.15) is 0 Å². The molecule has 16 heavy (non-hydrogen) atoms. The lowest BCUT2D eigenvalue weighted by molar-refractivity contribution is -0.00961. The van der Waals surface area contributed by atoms with Crippen LogP contribution in [-0.2, 0) is 11.2 Å². The van der Waals surface area contributed by atoms with Crippen molar-refractivity contribution in [3.05, 3.63) is 16.1 Å². The van der Waals surface area contributed by atoms with Gasteiger partial charge in [-0.25, -0.2) is 4.98 Å². The summed E-state index contributed by atoms with van der Waals surface area (Å²) in [6.45, 7) is 5.99. The highest BCUT2D eigenvalue weighted by Gasteiger charge is 2.28. The maximum absolute atomic E-state index is 5.53. The van der Waals surface area contributed by atoms with Crippen molar-refractivity contribution in [1.29, 1.82) is 0 Å². The lowest BCUT2D eigenvalue weighted by Crippen LogP contribution is -2.46. The van der Waals surface area contributed by atoms with Gasteiger partial charge in [-0.15, -0.1) is 11.3 Å². The van der Waals surface area contributed by atoms with Crippen LogP contribution in [0.5, 0.6) is 0 Å². The standard InChI is InChI=1S/C12H20N2OS/c1-3-15-12-6-11(7-12)13-5-4-10-8-16-9(2)14-10/h8,11-13H,3-7H2,1-2H3. The molecular weight excluding hydrogens is 220 g/mol. The van der Waals surface area contributed by atoms with E-state index in [1.807, 2.05) is 0 Å². The summed E-state index contributed by atoms with van der Waals surface area (Å²) < 4.78 is 5.53. The maximum Gasteiger partial charge on any atom is 0.0897 e. The molecule has 0 bridgehead atoms. The second-order valence-electron chi connectivity index (χ2n) is 4.31. The molecule has 1 heterocycles. The molecule has 0 unspecified atom stereocenters. The normalized spacial score (nSPS) is 24.4. The van der Waals surface area contributed by atoms with Crippen LogP contribution < -0.4 is 5.32 Å². The highest BCUT2D eigenvalue weighted by molar-refractivity contribution is 7.09. The van der Waals surface area contributed by atoms with E-state index in [1.54, 1.807) is 11.3 Å². The van der Waals surface area contributed by atoms with E-state index in [-0.39, 0.29) is 0 Å². The van der Waals surface area contributed by atoms with Gasteiger partial charge in [-0.05, 0) is 26.7 Å². The van der Waals surface area contributed by atoms with E-state index in [1.165, 1.54) is 18.5 Å². The first kappa shape index (κ1) is 12.0. The van der Waals surface area contributed by atoms with Crippen molar-refractivity contribution in [2.24, 2.45) is 0 Å². The molecule has 3 nitrogen and oxygen atoms in total. The Bertz CT molecular complexity index is 321. The molecule has 90 valence electrons. The Kier molecular flexibility index (Phi) is 4.32. The largest absolute Gasteiger partial charge is 0.378 e. The number of nitrogens with one attached hydrogen (secondary N) is 1. The van der Waals surface area contributed by atoms with E-state index < -0.39 is 0 Å². The van der Waals surface area contributed by atoms with Crippen molar-refractivity contribution in [2.75, 3.05) is 13.2 Å². The molecule has 1 aliphatic rings. The molecular formula is C12H20N2OS. The molecule has 4 heteroatoms. The molecule has 1 aromatic heterocycles. The van der Waals surface area contributed by atoms with Crippen LogP contribution in [0.25, 0.3) is 0 Å². The van der Waals surface area contributed by atoms with Gasteiger partial charge in [-0.2, -0.15) is 0 Å². The van der Waals surface area contributed by atoms with E-state index in [0.717, 1.165) is 24.6 Å². The molecule has 0 aromatic carbocycles. The average molecular weight is 240 g/mol. The summed E-state index contributed by atoms with van der Waals surface area (Å²) in [7, 11) is 0. The fourth-order valence-electron chi connectivity index (χ4n) is 2.03. The Morgan fingerprint density at radius 3 is 3.00 bits per heavy atom. The number of hydrogen-bond donors (Lipinski definition) is 1. The molecule has 1 aromatic rings.